The van der Waals surface area contributed by atoms with Gasteiger partial charge in [-0.15, -0.1) is 0 Å². The minimum Gasteiger partial charge on any atom is -0.490 e. The third-order valence-corrected chi connectivity index (χ3v) is 9.11. The third kappa shape index (κ3) is 7.32. The fourth-order valence-corrected chi connectivity index (χ4v) is 6.38. The van der Waals surface area contributed by atoms with E-state index >= 15 is 0 Å². The van der Waals surface area contributed by atoms with E-state index in [1.807, 2.05) is 32.9 Å². The van der Waals surface area contributed by atoms with Crippen LogP contribution in [0.2, 0.25) is 10.0 Å². The second kappa shape index (κ2) is 13.3. The van der Waals surface area contributed by atoms with Gasteiger partial charge < -0.3 is 29.2 Å². The standard InChI is InChI=1S/C32H38Cl2FN5O5/c1-32(2,3)45-31(41)40-16-19-13-20(17-40)29(19)44-26-14-21-24(15-25(26)43-10-4-7-39-8-11-42-12-9-39)36-18-37-30(21)38-23-6-5-22(33)27(34)28(23)35/h5-6,14-15,18-20,29H,4,7-13,16-17H2,1-3H3,(H,36,37,38)/t19-,20+,29?. The van der Waals surface area contributed by atoms with Crippen molar-refractivity contribution in [3.63, 3.8) is 0 Å². The maximum absolute atomic E-state index is 14.9. The quantitative estimate of drug-likeness (QED) is 0.202. The molecule has 1 saturated carbocycles. The maximum Gasteiger partial charge on any atom is 0.410 e. The first-order valence-corrected chi connectivity index (χ1v) is 16.1. The predicted molar refractivity (Wildman–Crippen MR) is 170 cm³/mol. The first-order chi connectivity index (χ1) is 21.6. The van der Waals surface area contributed by atoms with Gasteiger partial charge in [-0.05, 0) is 51.8 Å². The van der Waals surface area contributed by atoms with Crippen molar-refractivity contribution in [3.8, 4) is 11.5 Å². The topological polar surface area (TPSA) is 98.3 Å². The Balaban J connectivity index is 1.23. The van der Waals surface area contributed by atoms with Gasteiger partial charge in [0.15, 0.2) is 17.3 Å². The number of carbonyl (C=O) groups excluding carboxylic acids is 1. The van der Waals surface area contributed by atoms with Crippen molar-refractivity contribution in [3.05, 3.63) is 46.5 Å². The van der Waals surface area contributed by atoms with E-state index in [4.69, 9.17) is 42.1 Å². The summed E-state index contributed by atoms with van der Waals surface area (Å²) in [5.41, 5.74) is 0.182. The number of hydrogen-bond acceptors (Lipinski definition) is 9. The number of morpholine rings is 1. The predicted octanol–water partition coefficient (Wildman–Crippen LogP) is 6.55. The zero-order chi connectivity index (χ0) is 31.7. The van der Waals surface area contributed by atoms with E-state index in [9.17, 15) is 9.18 Å². The number of ether oxygens (including phenoxy) is 4. The molecule has 1 aliphatic carbocycles. The Kier molecular flexibility index (Phi) is 9.42. The minimum absolute atomic E-state index is 0.0922. The van der Waals surface area contributed by atoms with Crippen LogP contribution in [0.1, 0.15) is 33.6 Å². The first kappa shape index (κ1) is 31.8. The minimum atomic E-state index is -0.676. The van der Waals surface area contributed by atoms with Gasteiger partial charge in [-0.2, -0.15) is 0 Å². The van der Waals surface area contributed by atoms with Crippen LogP contribution >= 0.6 is 23.2 Å². The highest BCUT2D eigenvalue weighted by Gasteiger charge is 2.50. The number of amides is 1. The van der Waals surface area contributed by atoms with Gasteiger partial charge in [0.25, 0.3) is 0 Å². The number of piperidine rings is 2. The Morgan fingerprint density at radius 2 is 1.87 bits per heavy atom. The second-order valence-electron chi connectivity index (χ2n) is 12.8. The Bertz CT molecular complexity index is 1540. The second-order valence-corrected chi connectivity index (χ2v) is 13.6. The van der Waals surface area contributed by atoms with Gasteiger partial charge >= 0.3 is 6.09 Å². The summed E-state index contributed by atoms with van der Waals surface area (Å²) in [5.74, 6) is 1.15. The van der Waals surface area contributed by atoms with Gasteiger partial charge in [0.05, 0.1) is 41.1 Å². The fraction of sp³-hybridized carbons (Fsp3) is 0.531. The molecule has 1 N–H and O–H groups in total. The number of fused-ring (bicyclic) bond motifs is 3. The summed E-state index contributed by atoms with van der Waals surface area (Å²) in [6.45, 7) is 11.5. The SMILES string of the molecule is CC(C)(C)OC(=O)N1C[C@H]2C[C@@H](C1)C2Oc1cc2c(Nc3ccc(Cl)c(Cl)c3F)ncnc2cc1OCCCN1CCOCC1. The Morgan fingerprint density at radius 1 is 1.11 bits per heavy atom. The molecule has 4 aliphatic rings. The lowest BCUT2D eigenvalue weighted by molar-refractivity contribution is -0.0935. The summed E-state index contributed by atoms with van der Waals surface area (Å²) in [6.07, 6.45) is 2.83. The lowest BCUT2D eigenvalue weighted by atomic mass is 9.68. The lowest BCUT2D eigenvalue weighted by Gasteiger charge is -2.52. The molecule has 10 nitrogen and oxygen atoms in total. The molecule has 3 saturated heterocycles. The van der Waals surface area contributed by atoms with Crippen LogP contribution in [0.25, 0.3) is 10.9 Å². The van der Waals surface area contributed by atoms with Gasteiger partial charge in [-0.25, -0.2) is 19.2 Å². The Hall–Kier alpha value is -3.12. The number of carbonyl (C=O) groups is 1. The van der Waals surface area contributed by atoms with Crippen molar-refractivity contribution in [1.82, 2.24) is 19.8 Å². The van der Waals surface area contributed by atoms with E-state index in [2.05, 4.69) is 20.2 Å². The highest BCUT2D eigenvalue weighted by atomic mass is 35.5. The monoisotopic (exact) mass is 661 g/mol. The molecule has 3 atom stereocenters. The molecule has 45 heavy (non-hydrogen) atoms. The fourth-order valence-electron chi connectivity index (χ4n) is 6.07. The molecule has 2 aromatic carbocycles. The Labute approximate surface area is 272 Å². The molecule has 3 aliphatic heterocycles. The number of benzene rings is 2. The van der Waals surface area contributed by atoms with E-state index in [1.54, 1.807) is 4.90 Å². The van der Waals surface area contributed by atoms with Gasteiger partial charge in [-0.3, -0.25) is 4.90 Å². The van der Waals surface area contributed by atoms with E-state index < -0.39 is 11.4 Å². The van der Waals surface area contributed by atoms with Crippen LogP contribution < -0.4 is 14.8 Å². The summed E-state index contributed by atoms with van der Waals surface area (Å²) >= 11 is 12.0. The number of aromatic nitrogens is 2. The average molecular weight is 663 g/mol. The number of anilines is 2. The molecule has 0 spiro atoms. The molecule has 4 heterocycles. The molecule has 1 aromatic heterocycles. The summed E-state index contributed by atoms with van der Waals surface area (Å²) < 4.78 is 39.0. The largest absolute Gasteiger partial charge is 0.490 e. The molecular formula is C32H38Cl2FN5O5. The lowest BCUT2D eigenvalue weighted by Crippen LogP contribution is -2.62. The van der Waals surface area contributed by atoms with Crippen LogP contribution in [-0.4, -0.2) is 90.1 Å². The summed E-state index contributed by atoms with van der Waals surface area (Å²) in [4.78, 5) is 25.7. The maximum atomic E-state index is 14.9. The van der Waals surface area contributed by atoms with Crippen molar-refractivity contribution in [2.45, 2.75) is 45.3 Å². The van der Waals surface area contributed by atoms with Crippen LogP contribution in [0.5, 0.6) is 11.5 Å². The molecule has 7 rings (SSSR count). The smallest absolute Gasteiger partial charge is 0.410 e. The first-order valence-electron chi connectivity index (χ1n) is 15.3. The summed E-state index contributed by atoms with van der Waals surface area (Å²) in [5, 5.41) is 3.61. The zero-order valence-corrected chi connectivity index (χ0v) is 27.2. The summed E-state index contributed by atoms with van der Waals surface area (Å²) in [7, 11) is 0. The molecular weight excluding hydrogens is 624 g/mol. The van der Waals surface area contributed by atoms with Crippen LogP contribution in [0, 0.1) is 17.7 Å². The van der Waals surface area contributed by atoms with Gasteiger partial charge in [-0.1, -0.05) is 23.2 Å². The normalized spacial score (nSPS) is 21.7. The van der Waals surface area contributed by atoms with Crippen molar-refractivity contribution in [1.29, 1.82) is 0 Å². The third-order valence-electron chi connectivity index (χ3n) is 8.33. The van der Waals surface area contributed by atoms with E-state index in [1.165, 1.54) is 18.5 Å². The van der Waals surface area contributed by atoms with Crippen LogP contribution in [0.3, 0.4) is 0 Å². The highest BCUT2D eigenvalue weighted by molar-refractivity contribution is 6.42. The number of rotatable bonds is 9. The van der Waals surface area contributed by atoms with Crippen LogP contribution in [0.15, 0.2) is 30.6 Å². The van der Waals surface area contributed by atoms with Gasteiger partial charge in [0, 0.05) is 56.0 Å². The molecule has 1 amide bonds. The van der Waals surface area contributed by atoms with Crippen molar-refractivity contribution in [2.24, 2.45) is 11.8 Å². The zero-order valence-electron chi connectivity index (χ0n) is 25.7. The molecule has 4 fully saturated rings. The van der Waals surface area contributed by atoms with Crippen LogP contribution in [-0.2, 0) is 9.47 Å². The number of nitrogens with one attached hydrogen (secondary N) is 1. The molecule has 3 aromatic rings. The van der Waals surface area contributed by atoms with E-state index in [-0.39, 0.29) is 39.8 Å². The van der Waals surface area contributed by atoms with Crippen molar-refractivity contribution in [2.75, 3.05) is 57.9 Å². The van der Waals surface area contributed by atoms with Crippen LogP contribution in [0.4, 0.5) is 20.7 Å². The number of nitrogens with zero attached hydrogens (tertiary/aromatic N) is 4. The molecule has 13 heteroatoms. The highest BCUT2D eigenvalue weighted by Crippen LogP contribution is 2.45. The van der Waals surface area contributed by atoms with E-state index in [0.29, 0.717) is 47.9 Å². The molecule has 0 radical (unpaired) electrons. The van der Waals surface area contributed by atoms with E-state index in [0.717, 1.165) is 45.7 Å². The summed E-state index contributed by atoms with van der Waals surface area (Å²) in [6, 6.07) is 6.70. The average Bonchev–Trinajstić information content (AvgIpc) is 3.02. The van der Waals surface area contributed by atoms with Crippen molar-refractivity contribution >= 4 is 51.7 Å². The number of hydrogen-bond donors (Lipinski definition) is 1. The van der Waals surface area contributed by atoms with Crippen molar-refractivity contribution < 1.29 is 28.1 Å². The van der Waals surface area contributed by atoms with Gasteiger partial charge in [0.2, 0.25) is 0 Å². The molecule has 1 unspecified atom stereocenters. The number of halogens is 3. The Morgan fingerprint density at radius 3 is 2.60 bits per heavy atom. The van der Waals surface area contributed by atoms with Gasteiger partial charge in [0.1, 0.15) is 23.9 Å². The molecule has 2 bridgehead atoms. The molecule has 242 valence electrons.